The molecule has 2 fully saturated rings. The Hall–Kier alpha value is -1.10. The van der Waals surface area contributed by atoms with Gasteiger partial charge in [-0.15, -0.1) is 0 Å². The van der Waals surface area contributed by atoms with Gasteiger partial charge in [0, 0.05) is 0 Å². The molecule has 0 saturated carbocycles. The number of aliphatic hydroxyl groups is 1. The Bertz CT molecular complexity index is 368. The van der Waals surface area contributed by atoms with Gasteiger partial charge in [0.1, 0.15) is 6.10 Å². The molecule has 5 heteroatoms. The number of ether oxygens (including phenoxy) is 1. The van der Waals surface area contributed by atoms with Crippen LogP contribution in [0.1, 0.15) is 40.0 Å². The van der Waals surface area contributed by atoms with Crippen molar-refractivity contribution in [3.63, 3.8) is 0 Å². The molecule has 2 saturated heterocycles. The Kier molecular flexibility index (Phi) is 3.36. The number of aliphatic hydroxyl groups excluding tert-OH is 1. The number of unbranched alkanes of at least 4 members (excludes halogenated alkanes) is 1. The lowest BCUT2D eigenvalue weighted by Crippen LogP contribution is -2.73. The molecule has 0 unspecified atom stereocenters. The molecule has 18 heavy (non-hydrogen) atoms. The average molecular weight is 255 g/mol. The molecule has 2 N–H and O–H groups in total. The van der Waals surface area contributed by atoms with Crippen molar-refractivity contribution < 1.29 is 19.4 Å². The molecular weight excluding hydrogens is 234 g/mol. The quantitative estimate of drug-likeness (QED) is 0.706. The molecule has 2 aliphatic heterocycles. The highest BCUT2D eigenvalue weighted by Gasteiger charge is 2.71. The molecular formula is C13H21NO4. The Morgan fingerprint density at radius 1 is 1.44 bits per heavy atom. The summed E-state index contributed by atoms with van der Waals surface area (Å²) < 4.78 is 5.14. The lowest BCUT2D eigenvalue weighted by atomic mass is 9.75. The lowest BCUT2D eigenvalue weighted by Gasteiger charge is -2.46. The van der Waals surface area contributed by atoms with Crippen LogP contribution < -0.4 is 5.32 Å². The van der Waals surface area contributed by atoms with Gasteiger partial charge >= 0.3 is 5.97 Å². The van der Waals surface area contributed by atoms with Gasteiger partial charge < -0.3 is 15.2 Å². The Morgan fingerprint density at radius 2 is 2.11 bits per heavy atom. The highest BCUT2D eigenvalue weighted by Crippen LogP contribution is 2.44. The van der Waals surface area contributed by atoms with E-state index in [0.717, 1.165) is 12.8 Å². The first-order valence-corrected chi connectivity index (χ1v) is 6.66. The van der Waals surface area contributed by atoms with Crippen molar-refractivity contribution in [2.24, 2.45) is 11.8 Å². The molecule has 5 nitrogen and oxygen atoms in total. The van der Waals surface area contributed by atoms with Crippen LogP contribution in [0.25, 0.3) is 0 Å². The maximum atomic E-state index is 12.0. The van der Waals surface area contributed by atoms with Crippen molar-refractivity contribution in [3.8, 4) is 0 Å². The molecule has 4 atom stereocenters. The van der Waals surface area contributed by atoms with E-state index >= 15 is 0 Å². The summed E-state index contributed by atoms with van der Waals surface area (Å²) in [6.07, 6.45) is 1.22. The van der Waals surface area contributed by atoms with Crippen molar-refractivity contribution in [2.75, 3.05) is 0 Å². The summed E-state index contributed by atoms with van der Waals surface area (Å²) in [5.74, 6) is -1.08. The fourth-order valence-corrected chi connectivity index (χ4v) is 2.91. The number of carbonyl (C=O) groups excluding carboxylic acids is 2. The van der Waals surface area contributed by atoms with E-state index in [4.69, 9.17) is 4.74 Å². The van der Waals surface area contributed by atoms with Crippen LogP contribution in [0.3, 0.4) is 0 Å². The van der Waals surface area contributed by atoms with E-state index < -0.39 is 23.7 Å². The van der Waals surface area contributed by atoms with Gasteiger partial charge in [0.25, 0.3) is 0 Å². The van der Waals surface area contributed by atoms with Gasteiger partial charge in [0.05, 0.1) is 12.0 Å². The maximum Gasteiger partial charge on any atom is 0.338 e. The molecule has 2 rings (SSSR count). The molecule has 0 aromatic heterocycles. The van der Waals surface area contributed by atoms with Gasteiger partial charge in [-0.3, -0.25) is 4.79 Å². The second-order valence-electron chi connectivity index (χ2n) is 5.62. The monoisotopic (exact) mass is 255 g/mol. The number of amides is 1. The summed E-state index contributed by atoms with van der Waals surface area (Å²) in [6, 6.07) is 0. The van der Waals surface area contributed by atoms with E-state index in [1.807, 2.05) is 13.8 Å². The minimum Gasteiger partial charge on any atom is -0.456 e. The first-order valence-electron chi connectivity index (χ1n) is 6.66. The summed E-state index contributed by atoms with van der Waals surface area (Å²) in [4.78, 5) is 23.7. The minimum atomic E-state index is -1.19. The summed E-state index contributed by atoms with van der Waals surface area (Å²) in [6.45, 7) is 5.71. The van der Waals surface area contributed by atoms with Crippen LogP contribution in [0.2, 0.25) is 0 Å². The molecule has 0 aliphatic carbocycles. The smallest absolute Gasteiger partial charge is 0.338 e. The SMILES string of the molecule is CCCC[C@H]1C(=O)N[C@]2([C@@H](O)C(C)C)C(=O)O[C@@H]12. The Labute approximate surface area is 107 Å². The average Bonchev–Trinajstić information content (AvgIpc) is 2.55. The number of hydrogen-bond donors (Lipinski definition) is 2. The second kappa shape index (κ2) is 4.53. The van der Waals surface area contributed by atoms with E-state index in [9.17, 15) is 14.7 Å². The van der Waals surface area contributed by atoms with E-state index in [-0.39, 0.29) is 17.7 Å². The van der Waals surface area contributed by atoms with Crippen LogP contribution in [0.15, 0.2) is 0 Å². The van der Waals surface area contributed by atoms with Crippen molar-refractivity contribution in [2.45, 2.75) is 57.8 Å². The largest absolute Gasteiger partial charge is 0.456 e. The molecule has 102 valence electrons. The van der Waals surface area contributed by atoms with Crippen LogP contribution in [-0.2, 0) is 14.3 Å². The normalized spacial score (nSPS) is 35.8. The van der Waals surface area contributed by atoms with Crippen molar-refractivity contribution in [3.05, 3.63) is 0 Å². The zero-order valence-corrected chi connectivity index (χ0v) is 11.1. The molecule has 0 bridgehead atoms. The van der Waals surface area contributed by atoms with Crippen molar-refractivity contribution in [1.29, 1.82) is 0 Å². The van der Waals surface area contributed by atoms with Gasteiger partial charge in [0.2, 0.25) is 11.4 Å². The first-order chi connectivity index (χ1) is 8.45. The maximum absolute atomic E-state index is 12.0. The first kappa shape index (κ1) is 13.3. The number of fused-ring (bicyclic) bond motifs is 1. The van der Waals surface area contributed by atoms with Gasteiger partial charge in [-0.1, -0.05) is 33.6 Å². The summed E-state index contributed by atoms with van der Waals surface area (Å²) in [5, 5.41) is 12.9. The second-order valence-corrected chi connectivity index (χ2v) is 5.62. The third-order valence-corrected chi connectivity index (χ3v) is 4.02. The van der Waals surface area contributed by atoms with Crippen LogP contribution >= 0.6 is 0 Å². The van der Waals surface area contributed by atoms with Crippen molar-refractivity contribution in [1.82, 2.24) is 5.32 Å². The standard InChI is InChI=1S/C13H21NO4/c1-4-5-6-8-10-13(12(17)18-10,14-11(8)16)9(15)7(2)3/h7-10,15H,4-6H2,1-3H3,(H,14,16)/t8-,9+,10+,13+/m1/s1. The third kappa shape index (κ3) is 1.64. The number of rotatable bonds is 5. The number of hydrogen-bond acceptors (Lipinski definition) is 4. The highest BCUT2D eigenvalue weighted by atomic mass is 16.6. The number of carbonyl (C=O) groups is 2. The van der Waals surface area contributed by atoms with E-state index in [1.54, 1.807) is 0 Å². The van der Waals surface area contributed by atoms with Crippen LogP contribution in [0, 0.1) is 11.8 Å². The third-order valence-electron chi connectivity index (χ3n) is 4.02. The highest BCUT2D eigenvalue weighted by molar-refractivity contribution is 6.00. The predicted molar refractivity (Wildman–Crippen MR) is 64.6 cm³/mol. The van der Waals surface area contributed by atoms with Gasteiger partial charge in [-0.05, 0) is 12.3 Å². The molecule has 1 amide bonds. The summed E-state index contributed by atoms with van der Waals surface area (Å²) in [7, 11) is 0. The van der Waals surface area contributed by atoms with E-state index in [1.165, 1.54) is 0 Å². The van der Waals surface area contributed by atoms with Crippen LogP contribution in [0.5, 0.6) is 0 Å². The molecule has 0 spiro atoms. The zero-order chi connectivity index (χ0) is 13.5. The minimum absolute atomic E-state index is 0.106. The van der Waals surface area contributed by atoms with Crippen LogP contribution in [0.4, 0.5) is 0 Å². The number of esters is 1. The van der Waals surface area contributed by atoms with E-state index in [2.05, 4.69) is 12.2 Å². The topological polar surface area (TPSA) is 75.6 Å². The van der Waals surface area contributed by atoms with Gasteiger partial charge in [-0.2, -0.15) is 0 Å². The molecule has 0 radical (unpaired) electrons. The van der Waals surface area contributed by atoms with Crippen molar-refractivity contribution >= 4 is 11.9 Å². The Balaban J connectivity index is 2.20. The fourth-order valence-electron chi connectivity index (χ4n) is 2.91. The predicted octanol–water partition coefficient (Wildman–Crippen LogP) is 0.604. The van der Waals surface area contributed by atoms with E-state index in [0.29, 0.717) is 6.42 Å². The van der Waals surface area contributed by atoms with Gasteiger partial charge in [0.15, 0.2) is 0 Å². The molecule has 0 aromatic rings. The molecule has 2 heterocycles. The summed E-state index contributed by atoms with van der Waals surface area (Å²) >= 11 is 0. The zero-order valence-electron chi connectivity index (χ0n) is 11.1. The van der Waals surface area contributed by atoms with Gasteiger partial charge in [-0.25, -0.2) is 4.79 Å². The number of nitrogens with one attached hydrogen (secondary N) is 1. The lowest BCUT2D eigenvalue weighted by molar-refractivity contribution is -0.207. The molecule has 0 aromatic carbocycles. The summed E-state index contributed by atoms with van der Waals surface area (Å²) in [5.41, 5.74) is -1.19. The fraction of sp³-hybridized carbons (Fsp3) is 0.846. The Morgan fingerprint density at radius 3 is 2.61 bits per heavy atom. The van der Waals surface area contributed by atoms with Crippen LogP contribution in [-0.4, -0.2) is 34.7 Å². The molecule has 2 aliphatic rings.